The van der Waals surface area contributed by atoms with Gasteiger partial charge in [0.2, 0.25) is 11.4 Å². The first-order chi connectivity index (χ1) is 10.8. The minimum absolute atomic E-state index is 0.649. The Balaban J connectivity index is 1.87. The molecule has 0 spiro atoms. The number of fused-ring (bicyclic) bond motifs is 1. The van der Waals surface area contributed by atoms with Gasteiger partial charge in [0, 0.05) is 17.7 Å². The van der Waals surface area contributed by atoms with Gasteiger partial charge in [0.05, 0.1) is 17.1 Å². The summed E-state index contributed by atoms with van der Waals surface area (Å²) in [4.78, 5) is 4.47. The maximum absolute atomic E-state index is 5.98. The number of nitrogens with zero attached hydrogens (tertiary/aromatic N) is 2. The highest BCUT2D eigenvalue weighted by Gasteiger charge is 2.15. The minimum atomic E-state index is 0.649. The van der Waals surface area contributed by atoms with Gasteiger partial charge in [-0.2, -0.15) is 0 Å². The van der Waals surface area contributed by atoms with E-state index in [0.29, 0.717) is 5.89 Å². The SMILES string of the molecule is C[n+]1ccc(-c2ncc(-c3ccccc3)o2)c2ccccc21. The van der Waals surface area contributed by atoms with Crippen LogP contribution in [-0.2, 0) is 7.05 Å². The summed E-state index contributed by atoms with van der Waals surface area (Å²) >= 11 is 0. The molecule has 3 nitrogen and oxygen atoms in total. The normalized spacial score (nSPS) is 11.0. The van der Waals surface area contributed by atoms with E-state index in [1.165, 1.54) is 0 Å². The second kappa shape index (κ2) is 5.11. The molecule has 0 saturated carbocycles. The summed E-state index contributed by atoms with van der Waals surface area (Å²) < 4.78 is 8.08. The van der Waals surface area contributed by atoms with Crippen LogP contribution in [0.2, 0.25) is 0 Å². The smallest absolute Gasteiger partial charge is 0.227 e. The number of hydrogen-bond acceptors (Lipinski definition) is 2. The van der Waals surface area contributed by atoms with E-state index in [2.05, 4.69) is 21.7 Å². The van der Waals surface area contributed by atoms with Crippen LogP contribution in [0.3, 0.4) is 0 Å². The van der Waals surface area contributed by atoms with Gasteiger partial charge in [-0.3, -0.25) is 0 Å². The molecular formula is C19H15N2O+. The number of rotatable bonds is 2. The largest absolute Gasteiger partial charge is 0.436 e. The monoisotopic (exact) mass is 287 g/mol. The Morgan fingerprint density at radius 3 is 2.55 bits per heavy atom. The molecule has 0 aliphatic carbocycles. The van der Waals surface area contributed by atoms with Gasteiger partial charge < -0.3 is 4.42 Å². The predicted octanol–water partition coefficient (Wildman–Crippen LogP) is 3.99. The van der Waals surface area contributed by atoms with E-state index in [1.54, 1.807) is 6.20 Å². The lowest BCUT2D eigenvalue weighted by molar-refractivity contribution is -0.644. The Hall–Kier alpha value is -2.94. The van der Waals surface area contributed by atoms with E-state index in [-0.39, 0.29) is 0 Å². The van der Waals surface area contributed by atoms with E-state index in [1.807, 2.05) is 61.8 Å². The minimum Gasteiger partial charge on any atom is -0.436 e. The molecule has 0 bridgehead atoms. The molecule has 0 radical (unpaired) electrons. The van der Waals surface area contributed by atoms with Crippen LogP contribution in [0.15, 0.2) is 77.5 Å². The lowest BCUT2D eigenvalue weighted by Gasteiger charge is -2.01. The highest BCUT2D eigenvalue weighted by atomic mass is 16.4. The lowest BCUT2D eigenvalue weighted by Crippen LogP contribution is -2.28. The van der Waals surface area contributed by atoms with Crippen molar-refractivity contribution in [3.8, 4) is 22.8 Å². The van der Waals surface area contributed by atoms with Gasteiger partial charge in [0.1, 0.15) is 7.05 Å². The van der Waals surface area contributed by atoms with Crippen LogP contribution >= 0.6 is 0 Å². The Labute approximate surface area is 128 Å². The molecule has 0 fully saturated rings. The van der Waals surface area contributed by atoms with E-state index >= 15 is 0 Å². The van der Waals surface area contributed by atoms with Crippen molar-refractivity contribution in [2.24, 2.45) is 7.05 Å². The van der Waals surface area contributed by atoms with Gasteiger partial charge in [0.15, 0.2) is 12.0 Å². The fourth-order valence-electron chi connectivity index (χ4n) is 2.69. The number of aromatic nitrogens is 2. The van der Waals surface area contributed by atoms with Crippen LogP contribution in [0.5, 0.6) is 0 Å². The molecule has 3 heteroatoms. The zero-order valence-electron chi connectivity index (χ0n) is 12.2. The van der Waals surface area contributed by atoms with Gasteiger partial charge >= 0.3 is 0 Å². The quantitative estimate of drug-likeness (QED) is 0.522. The number of oxazole rings is 1. The van der Waals surface area contributed by atoms with Gasteiger partial charge in [-0.15, -0.1) is 0 Å². The zero-order valence-corrected chi connectivity index (χ0v) is 12.2. The fourth-order valence-corrected chi connectivity index (χ4v) is 2.69. The van der Waals surface area contributed by atoms with E-state index in [0.717, 1.165) is 27.8 Å². The summed E-state index contributed by atoms with van der Waals surface area (Å²) in [5.41, 5.74) is 3.20. The topological polar surface area (TPSA) is 29.9 Å². The van der Waals surface area contributed by atoms with Crippen molar-refractivity contribution in [2.45, 2.75) is 0 Å². The van der Waals surface area contributed by atoms with Crippen LogP contribution in [0.25, 0.3) is 33.7 Å². The summed E-state index contributed by atoms with van der Waals surface area (Å²) in [6.45, 7) is 0. The molecule has 0 atom stereocenters. The Morgan fingerprint density at radius 1 is 0.909 bits per heavy atom. The first-order valence-electron chi connectivity index (χ1n) is 7.22. The third-order valence-corrected chi connectivity index (χ3v) is 3.83. The Morgan fingerprint density at radius 2 is 1.68 bits per heavy atom. The van der Waals surface area contributed by atoms with Crippen molar-refractivity contribution >= 4 is 10.9 Å². The molecule has 0 unspecified atom stereocenters. The second-order valence-electron chi connectivity index (χ2n) is 5.25. The summed E-state index contributed by atoms with van der Waals surface area (Å²) in [7, 11) is 2.04. The van der Waals surface area contributed by atoms with Gasteiger partial charge in [-0.05, 0) is 6.07 Å². The number of para-hydroxylation sites is 1. The molecule has 22 heavy (non-hydrogen) atoms. The molecule has 4 aromatic rings. The molecule has 2 aromatic heterocycles. The zero-order chi connectivity index (χ0) is 14.9. The number of hydrogen-bond donors (Lipinski definition) is 0. The Kier molecular flexibility index (Phi) is 2.97. The van der Waals surface area contributed by atoms with Crippen LogP contribution in [-0.4, -0.2) is 4.98 Å². The van der Waals surface area contributed by atoms with Crippen molar-refractivity contribution in [1.82, 2.24) is 4.98 Å². The molecule has 0 saturated heterocycles. The van der Waals surface area contributed by atoms with Crippen LogP contribution in [0.4, 0.5) is 0 Å². The first-order valence-corrected chi connectivity index (χ1v) is 7.22. The molecule has 0 aliphatic heterocycles. The average Bonchev–Trinajstić information content (AvgIpc) is 3.06. The van der Waals surface area contributed by atoms with Crippen molar-refractivity contribution in [3.05, 3.63) is 73.1 Å². The molecular weight excluding hydrogens is 272 g/mol. The molecule has 0 N–H and O–H groups in total. The van der Waals surface area contributed by atoms with Gasteiger partial charge in [0.25, 0.3) is 0 Å². The number of benzene rings is 2. The molecule has 2 heterocycles. The third kappa shape index (κ3) is 2.07. The summed E-state index contributed by atoms with van der Waals surface area (Å²) in [5, 5.41) is 1.13. The van der Waals surface area contributed by atoms with Crippen LogP contribution in [0, 0.1) is 0 Å². The summed E-state index contributed by atoms with van der Waals surface area (Å²) in [6, 6.07) is 20.3. The number of aryl methyl sites for hydroxylation is 1. The van der Waals surface area contributed by atoms with E-state index in [9.17, 15) is 0 Å². The van der Waals surface area contributed by atoms with E-state index in [4.69, 9.17) is 4.42 Å². The van der Waals surface area contributed by atoms with Crippen molar-refractivity contribution in [1.29, 1.82) is 0 Å². The molecule has 0 aliphatic rings. The second-order valence-corrected chi connectivity index (χ2v) is 5.25. The fraction of sp³-hybridized carbons (Fsp3) is 0.0526. The molecule has 4 rings (SSSR count). The van der Waals surface area contributed by atoms with Gasteiger partial charge in [-0.25, -0.2) is 9.55 Å². The Bertz CT molecular complexity index is 942. The van der Waals surface area contributed by atoms with Crippen molar-refractivity contribution in [2.75, 3.05) is 0 Å². The lowest BCUT2D eigenvalue weighted by atomic mass is 10.1. The molecule has 2 aromatic carbocycles. The average molecular weight is 287 g/mol. The predicted molar refractivity (Wildman–Crippen MR) is 86.1 cm³/mol. The summed E-state index contributed by atoms with van der Waals surface area (Å²) in [6.07, 6.45) is 3.82. The maximum Gasteiger partial charge on any atom is 0.227 e. The maximum atomic E-state index is 5.98. The van der Waals surface area contributed by atoms with E-state index < -0.39 is 0 Å². The highest BCUT2D eigenvalue weighted by Crippen LogP contribution is 2.29. The molecule has 106 valence electrons. The first kappa shape index (κ1) is 12.8. The van der Waals surface area contributed by atoms with Crippen molar-refractivity contribution in [3.63, 3.8) is 0 Å². The molecule has 0 amide bonds. The summed E-state index contributed by atoms with van der Waals surface area (Å²) in [5.74, 6) is 1.43. The highest BCUT2D eigenvalue weighted by molar-refractivity contribution is 5.90. The van der Waals surface area contributed by atoms with Crippen molar-refractivity contribution < 1.29 is 8.98 Å². The standard InChI is InChI=1S/C19H15N2O/c1-21-12-11-16(15-9-5-6-10-17(15)21)19-20-13-18(22-19)14-7-3-2-4-8-14/h2-13H,1H3/q+1. The third-order valence-electron chi connectivity index (χ3n) is 3.83. The number of pyridine rings is 1. The van der Waals surface area contributed by atoms with Gasteiger partial charge in [-0.1, -0.05) is 42.5 Å². The van der Waals surface area contributed by atoms with Crippen LogP contribution < -0.4 is 4.57 Å². The van der Waals surface area contributed by atoms with Crippen LogP contribution in [0.1, 0.15) is 0 Å².